The van der Waals surface area contributed by atoms with Crippen LogP contribution in [0.1, 0.15) is 182 Å². The van der Waals surface area contributed by atoms with Crippen LogP contribution >= 0.6 is 0 Å². The summed E-state index contributed by atoms with van der Waals surface area (Å²) in [5.74, 6) is 1.15. The van der Waals surface area contributed by atoms with Gasteiger partial charge in [0.15, 0.2) is 23.0 Å². The maximum Gasteiger partial charge on any atom is 0.504 e. The van der Waals surface area contributed by atoms with E-state index in [4.69, 9.17) is 18.9 Å². The molecule has 2 rings (SSSR count). The highest BCUT2D eigenvalue weighted by Gasteiger charge is 2.44. The van der Waals surface area contributed by atoms with E-state index < -0.39 is 24.1 Å². The summed E-state index contributed by atoms with van der Waals surface area (Å²) < 4.78 is 78.9. The highest BCUT2D eigenvalue weighted by Crippen LogP contribution is 2.35. The minimum Gasteiger partial charge on any atom is -0.490 e. The summed E-state index contributed by atoms with van der Waals surface area (Å²) in [5.41, 5.74) is 10.1. The lowest BCUT2D eigenvalue weighted by Crippen LogP contribution is -2.26. The van der Waals surface area contributed by atoms with E-state index in [2.05, 4.69) is 32.5 Å². The van der Waals surface area contributed by atoms with Crippen LogP contribution in [-0.2, 0) is 19.7 Å². The monoisotopic (exact) mass is 834 g/mol. The fraction of sp³-hybridized carbons (Fsp3) is 0.711. The predicted octanol–water partition coefficient (Wildman–Crippen LogP) is 12.5. The van der Waals surface area contributed by atoms with Crippen molar-refractivity contribution in [3.05, 3.63) is 41.9 Å². The molecule has 2 aromatic carbocycles. The van der Waals surface area contributed by atoms with E-state index >= 15 is 0 Å². The molecule has 0 aliphatic rings. The second-order valence-electron chi connectivity index (χ2n) is 15.1. The van der Waals surface area contributed by atoms with Gasteiger partial charge in [0.25, 0.3) is 19.7 Å². The van der Waals surface area contributed by atoms with Gasteiger partial charge in [-0.2, -0.15) is 0 Å². The average molecular weight is 835 g/mol. The molecule has 0 heterocycles. The second-order valence-corrected chi connectivity index (χ2v) is 19.0. The molecule has 10 nitrogen and oxygen atoms in total. The minimum atomic E-state index is -4.86. The van der Waals surface area contributed by atoms with E-state index in [1.54, 1.807) is 0 Å². The molecule has 0 atom stereocenters. The van der Waals surface area contributed by atoms with E-state index in [1.807, 2.05) is 0 Å². The van der Waals surface area contributed by atoms with Crippen LogP contribution in [-0.4, -0.2) is 52.4 Å². The molecule has 0 fully saturated rings. The third-order valence-corrected chi connectivity index (χ3v) is 14.2. The normalized spacial score (nSPS) is 11.6. The standard InChI is InChI=1S/C45H74N2O8S2/c1-5-9-13-17-21-25-33-52-41-31-29-39(37-43(41)54-35-27-23-19-15-11-7-3)56(48,49)45(47-46)57(50,51)40-30-32-42(53-34-26-22-18-14-10-6-2)44(38-40)55-36-28-24-20-16-12-8-4/h29-32,37-38H,5-28,33-36H2,1-4H3. The molecule has 57 heavy (non-hydrogen) atoms. The third-order valence-electron chi connectivity index (χ3n) is 10.0. The van der Waals surface area contributed by atoms with Gasteiger partial charge in [-0.05, 0) is 49.9 Å². The Morgan fingerprint density at radius 1 is 0.421 bits per heavy atom. The van der Waals surface area contributed by atoms with Crippen molar-refractivity contribution in [3.63, 3.8) is 0 Å². The second kappa shape index (κ2) is 30.0. The lowest BCUT2D eigenvalue weighted by atomic mass is 10.1. The van der Waals surface area contributed by atoms with E-state index in [-0.39, 0.29) is 21.3 Å². The van der Waals surface area contributed by atoms with Crippen molar-refractivity contribution >= 4 is 24.1 Å². The van der Waals surface area contributed by atoms with Gasteiger partial charge in [-0.3, -0.25) is 0 Å². The molecule has 0 radical (unpaired) electrons. The van der Waals surface area contributed by atoms with E-state index in [1.165, 1.54) is 87.8 Å². The zero-order valence-corrected chi connectivity index (χ0v) is 37.4. The minimum absolute atomic E-state index is 0.197. The van der Waals surface area contributed by atoms with Gasteiger partial charge in [0.1, 0.15) is 0 Å². The van der Waals surface area contributed by atoms with Gasteiger partial charge in [0, 0.05) is 12.1 Å². The third kappa shape index (κ3) is 19.0. The molecule has 0 N–H and O–H groups in total. The Balaban J connectivity index is 2.33. The molecule has 0 saturated heterocycles. The number of benzene rings is 2. The van der Waals surface area contributed by atoms with Crippen LogP contribution in [0.2, 0.25) is 0 Å². The summed E-state index contributed by atoms with van der Waals surface area (Å²) in [6.07, 6.45) is 25.7. The molecule has 0 aliphatic heterocycles. The summed E-state index contributed by atoms with van der Waals surface area (Å²) in [6, 6.07) is 8.01. The van der Waals surface area contributed by atoms with Crippen molar-refractivity contribution in [1.82, 2.24) is 0 Å². The van der Waals surface area contributed by atoms with Gasteiger partial charge in [0.05, 0.1) is 36.2 Å². The molecule has 12 heteroatoms. The highest BCUT2D eigenvalue weighted by molar-refractivity contribution is 8.31. The summed E-state index contributed by atoms with van der Waals surface area (Å²) in [7, 11) is -9.72. The van der Waals surface area contributed by atoms with Gasteiger partial charge in [-0.25, -0.2) is 16.8 Å². The summed E-state index contributed by atoms with van der Waals surface area (Å²) >= 11 is 0. The number of unbranched alkanes of at least 4 members (excludes halogenated alkanes) is 20. The van der Waals surface area contributed by atoms with Gasteiger partial charge >= 0.3 is 4.38 Å². The predicted molar refractivity (Wildman–Crippen MR) is 231 cm³/mol. The Morgan fingerprint density at radius 2 is 0.684 bits per heavy atom. The summed E-state index contributed by atoms with van der Waals surface area (Å²) in [4.78, 5) is 2.12. The molecular formula is C45H74N2O8S2. The maximum absolute atomic E-state index is 14.0. The Bertz CT molecular complexity index is 1540. The molecule has 2 aromatic rings. The van der Waals surface area contributed by atoms with Crippen molar-refractivity contribution in [3.8, 4) is 23.0 Å². The molecule has 324 valence electrons. The number of nitrogens with zero attached hydrogens (tertiary/aromatic N) is 2. The SMILES string of the molecule is CCCCCCCCOc1ccc(S(=O)(=O)C(=[N+]=[N-])S(=O)(=O)c2ccc(OCCCCCCCC)c(OCCCCCCCC)c2)cc1OCCCCCCCC. The first-order valence-corrected chi connectivity index (χ1v) is 25.1. The molecule has 0 bridgehead atoms. The van der Waals surface area contributed by atoms with Gasteiger partial charge in [0.2, 0.25) is 0 Å². The van der Waals surface area contributed by atoms with Crippen molar-refractivity contribution in [2.24, 2.45) is 0 Å². The van der Waals surface area contributed by atoms with Crippen LogP contribution in [0.25, 0.3) is 5.53 Å². The number of rotatable bonds is 34. The van der Waals surface area contributed by atoms with Crippen molar-refractivity contribution in [2.45, 2.75) is 192 Å². The van der Waals surface area contributed by atoms with Crippen molar-refractivity contribution in [2.75, 3.05) is 26.4 Å². The molecule has 0 saturated carbocycles. The van der Waals surface area contributed by atoms with Crippen LogP contribution in [0.4, 0.5) is 0 Å². The van der Waals surface area contributed by atoms with Crippen molar-refractivity contribution < 1.29 is 40.6 Å². The van der Waals surface area contributed by atoms with Gasteiger partial charge in [-0.1, -0.05) is 156 Å². The smallest absolute Gasteiger partial charge is 0.490 e. The van der Waals surface area contributed by atoms with Crippen LogP contribution in [0, 0.1) is 0 Å². The topological polar surface area (TPSA) is 142 Å². The van der Waals surface area contributed by atoms with E-state index in [0.717, 1.165) is 103 Å². The highest BCUT2D eigenvalue weighted by atomic mass is 32.3. The zero-order chi connectivity index (χ0) is 41.6. The Kier molecular flexibility index (Phi) is 26.4. The van der Waals surface area contributed by atoms with E-state index in [0.29, 0.717) is 37.9 Å². The zero-order valence-electron chi connectivity index (χ0n) is 35.7. The lowest BCUT2D eigenvalue weighted by molar-refractivity contribution is 0.00380. The van der Waals surface area contributed by atoms with Crippen LogP contribution in [0.3, 0.4) is 0 Å². The molecule has 0 aromatic heterocycles. The molecule has 0 amide bonds. The Morgan fingerprint density at radius 3 is 0.965 bits per heavy atom. The van der Waals surface area contributed by atoms with Gasteiger partial charge < -0.3 is 24.5 Å². The first kappa shape index (κ1) is 50.1. The van der Waals surface area contributed by atoms with Crippen molar-refractivity contribution in [1.29, 1.82) is 0 Å². The fourth-order valence-corrected chi connectivity index (χ4v) is 9.86. The first-order valence-electron chi connectivity index (χ1n) is 22.2. The number of hydrogen-bond acceptors (Lipinski definition) is 8. The number of hydrogen-bond donors (Lipinski definition) is 0. The number of sulfone groups is 2. The quantitative estimate of drug-likeness (QED) is 0.0223. The Labute approximate surface area is 346 Å². The molecule has 0 unspecified atom stereocenters. The number of ether oxygens (including phenoxy) is 4. The average Bonchev–Trinajstić information content (AvgIpc) is 3.20. The maximum atomic E-state index is 14.0. The largest absolute Gasteiger partial charge is 0.504 e. The van der Waals surface area contributed by atoms with E-state index in [9.17, 15) is 22.4 Å². The molecular weight excluding hydrogens is 761 g/mol. The van der Waals surface area contributed by atoms with Crippen LogP contribution in [0.5, 0.6) is 23.0 Å². The van der Waals surface area contributed by atoms with Crippen LogP contribution < -0.4 is 18.9 Å². The summed E-state index contributed by atoms with van der Waals surface area (Å²) in [5, 5.41) is 0. The van der Waals surface area contributed by atoms with Crippen LogP contribution in [0.15, 0.2) is 46.2 Å². The first-order chi connectivity index (χ1) is 27.7. The summed E-state index contributed by atoms with van der Waals surface area (Å²) in [6.45, 7) is 10.3. The Hall–Kier alpha value is -3.08. The lowest BCUT2D eigenvalue weighted by Gasteiger charge is -2.15. The molecule has 0 aliphatic carbocycles. The molecule has 0 spiro atoms. The van der Waals surface area contributed by atoms with Gasteiger partial charge in [-0.15, -0.1) is 4.79 Å². The fourth-order valence-electron chi connectivity index (χ4n) is 6.49.